The van der Waals surface area contributed by atoms with Crippen LogP contribution < -0.4 is 0 Å². The van der Waals surface area contributed by atoms with E-state index in [-0.39, 0.29) is 5.28 Å². The zero-order valence-electron chi connectivity index (χ0n) is 7.53. The Bertz CT molecular complexity index is 257. The van der Waals surface area contributed by atoms with E-state index in [1.165, 1.54) is 25.6 Å². The molecule has 0 saturated heterocycles. The highest BCUT2D eigenvalue weighted by molar-refractivity contribution is 7.99. The van der Waals surface area contributed by atoms with Crippen molar-refractivity contribution in [1.82, 2.24) is 15.0 Å². The van der Waals surface area contributed by atoms with E-state index in [0.29, 0.717) is 0 Å². The van der Waals surface area contributed by atoms with Gasteiger partial charge in [0.2, 0.25) is 5.28 Å². The average Bonchev–Trinajstić information content (AvgIpc) is 2.13. The maximum absolute atomic E-state index is 5.61. The first kappa shape index (κ1) is 10.7. The van der Waals surface area contributed by atoms with Crippen LogP contribution in [-0.2, 0) is 0 Å². The minimum absolute atomic E-state index is 0.271. The summed E-state index contributed by atoms with van der Waals surface area (Å²) in [5.41, 5.74) is 0. The maximum atomic E-state index is 5.61. The van der Waals surface area contributed by atoms with Gasteiger partial charge in [0.25, 0.3) is 0 Å². The quantitative estimate of drug-likeness (QED) is 0.562. The lowest BCUT2D eigenvalue weighted by Gasteiger charge is -1.98. The minimum atomic E-state index is 0.271. The second-order valence-electron chi connectivity index (χ2n) is 2.59. The highest BCUT2D eigenvalue weighted by Crippen LogP contribution is 2.15. The van der Waals surface area contributed by atoms with E-state index in [2.05, 4.69) is 21.9 Å². The number of rotatable bonds is 5. The van der Waals surface area contributed by atoms with E-state index in [9.17, 15) is 0 Å². The van der Waals surface area contributed by atoms with Gasteiger partial charge in [0, 0.05) is 5.75 Å². The number of aromatic nitrogens is 3. The molecule has 0 amide bonds. The van der Waals surface area contributed by atoms with Crippen LogP contribution in [0.2, 0.25) is 5.28 Å². The minimum Gasteiger partial charge on any atom is -0.211 e. The van der Waals surface area contributed by atoms with Crippen LogP contribution in [0.4, 0.5) is 0 Å². The number of unbranched alkanes of at least 4 members (excludes halogenated alkanes) is 2. The normalized spacial score (nSPS) is 10.3. The Kier molecular flexibility index (Phi) is 5.08. The van der Waals surface area contributed by atoms with Crippen molar-refractivity contribution in [2.75, 3.05) is 5.75 Å². The maximum Gasteiger partial charge on any atom is 0.226 e. The van der Waals surface area contributed by atoms with Gasteiger partial charge in [-0.15, -0.1) is 0 Å². The summed E-state index contributed by atoms with van der Waals surface area (Å²) >= 11 is 7.24. The fourth-order valence-electron chi connectivity index (χ4n) is 0.848. The van der Waals surface area contributed by atoms with Crippen molar-refractivity contribution in [1.29, 1.82) is 0 Å². The summed E-state index contributed by atoms with van der Waals surface area (Å²) in [6.07, 6.45) is 5.13. The topological polar surface area (TPSA) is 38.7 Å². The molecular formula is C8H12ClN3S. The lowest BCUT2D eigenvalue weighted by atomic mass is 10.3. The molecule has 0 spiro atoms. The number of halogens is 1. The molecule has 0 aliphatic rings. The van der Waals surface area contributed by atoms with Crippen molar-refractivity contribution in [2.24, 2.45) is 0 Å². The number of hydrogen-bond acceptors (Lipinski definition) is 4. The third kappa shape index (κ3) is 4.43. The Morgan fingerprint density at radius 2 is 2.23 bits per heavy atom. The molecular weight excluding hydrogens is 206 g/mol. The first-order valence-electron chi connectivity index (χ1n) is 4.30. The molecule has 0 aliphatic heterocycles. The SMILES string of the molecule is CCCCCSc1ncnc(Cl)n1. The molecule has 13 heavy (non-hydrogen) atoms. The van der Waals surface area contributed by atoms with Crippen molar-refractivity contribution in [3.05, 3.63) is 11.6 Å². The van der Waals surface area contributed by atoms with Crippen molar-refractivity contribution >= 4 is 23.4 Å². The van der Waals surface area contributed by atoms with E-state index in [0.717, 1.165) is 10.9 Å². The number of thioether (sulfide) groups is 1. The Morgan fingerprint density at radius 1 is 1.38 bits per heavy atom. The summed E-state index contributed by atoms with van der Waals surface area (Å²) < 4.78 is 0. The number of hydrogen-bond donors (Lipinski definition) is 0. The van der Waals surface area contributed by atoms with Gasteiger partial charge in [0.15, 0.2) is 5.16 Å². The largest absolute Gasteiger partial charge is 0.226 e. The predicted octanol–water partition coefficient (Wildman–Crippen LogP) is 2.81. The van der Waals surface area contributed by atoms with Crippen LogP contribution in [0.15, 0.2) is 11.5 Å². The van der Waals surface area contributed by atoms with Gasteiger partial charge in [-0.25, -0.2) is 9.97 Å². The van der Waals surface area contributed by atoms with E-state index >= 15 is 0 Å². The molecule has 0 atom stereocenters. The van der Waals surface area contributed by atoms with Gasteiger partial charge in [0.05, 0.1) is 0 Å². The molecule has 0 fully saturated rings. The Morgan fingerprint density at radius 3 is 2.92 bits per heavy atom. The van der Waals surface area contributed by atoms with E-state index in [1.54, 1.807) is 11.8 Å². The molecule has 0 saturated carbocycles. The van der Waals surface area contributed by atoms with Crippen molar-refractivity contribution in [3.8, 4) is 0 Å². The zero-order chi connectivity index (χ0) is 9.52. The molecule has 0 radical (unpaired) electrons. The monoisotopic (exact) mass is 217 g/mol. The van der Waals surface area contributed by atoms with Gasteiger partial charge < -0.3 is 0 Å². The van der Waals surface area contributed by atoms with Gasteiger partial charge in [-0.2, -0.15) is 4.98 Å². The van der Waals surface area contributed by atoms with Crippen LogP contribution in [0.5, 0.6) is 0 Å². The summed E-state index contributed by atoms with van der Waals surface area (Å²) in [6.45, 7) is 2.18. The Hall–Kier alpha value is -0.350. The Labute approximate surface area is 87.3 Å². The number of nitrogens with zero attached hydrogens (tertiary/aromatic N) is 3. The summed E-state index contributed by atoms with van der Waals surface area (Å²) in [5, 5.41) is 0.990. The average molecular weight is 218 g/mol. The van der Waals surface area contributed by atoms with Crippen LogP contribution in [0, 0.1) is 0 Å². The molecule has 0 bridgehead atoms. The lowest BCUT2D eigenvalue weighted by Crippen LogP contribution is -1.90. The molecule has 1 aromatic rings. The standard InChI is InChI=1S/C8H12ClN3S/c1-2-3-4-5-13-8-11-6-10-7(9)12-8/h6H,2-5H2,1H3. The van der Waals surface area contributed by atoms with Crippen LogP contribution in [0.3, 0.4) is 0 Å². The third-order valence-electron chi connectivity index (χ3n) is 1.50. The fourth-order valence-corrected chi connectivity index (χ4v) is 1.83. The third-order valence-corrected chi connectivity index (χ3v) is 2.63. The van der Waals surface area contributed by atoms with E-state index in [1.807, 2.05) is 0 Å². The van der Waals surface area contributed by atoms with Crippen molar-refractivity contribution < 1.29 is 0 Å². The van der Waals surface area contributed by atoms with Crippen molar-refractivity contribution in [2.45, 2.75) is 31.3 Å². The van der Waals surface area contributed by atoms with Gasteiger partial charge in [-0.1, -0.05) is 31.5 Å². The Balaban J connectivity index is 2.28. The van der Waals surface area contributed by atoms with Gasteiger partial charge in [-0.05, 0) is 18.0 Å². The molecule has 0 N–H and O–H groups in total. The second kappa shape index (κ2) is 6.16. The molecule has 0 aliphatic carbocycles. The summed E-state index contributed by atoms with van der Waals surface area (Å²) in [4.78, 5) is 11.7. The molecule has 1 aromatic heterocycles. The molecule has 5 heteroatoms. The molecule has 72 valence electrons. The van der Waals surface area contributed by atoms with E-state index < -0.39 is 0 Å². The predicted molar refractivity (Wildman–Crippen MR) is 55.1 cm³/mol. The molecule has 0 aromatic carbocycles. The molecule has 1 rings (SSSR count). The first-order valence-corrected chi connectivity index (χ1v) is 5.66. The van der Waals surface area contributed by atoms with Crippen LogP contribution in [-0.4, -0.2) is 20.7 Å². The molecule has 0 unspecified atom stereocenters. The van der Waals surface area contributed by atoms with Crippen LogP contribution in [0.1, 0.15) is 26.2 Å². The lowest BCUT2D eigenvalue weighted by molar-refractivity contribution is 0.776. The van der Waals surface area contributed by atoms with Crippen molar-refractivity contribution in [3.63, 3.8) is 0 Å². The molecule has 1 heterocycles. The van der Waals surface area contributed by atoms with E-state index in [4.69, 9.17) is 11.6 Å². The van der Waals surface area contributed by atoms with Gasteiger partial charge in [-0.3, -0.25) is 0 Å². The van der Waals surface area contributed by atoms with Gasteiger partial charge >= 0.3 is 0 Å². The molecule has 3 nitrogen and oxygen atoms in total. The highest BCUT2D eigenvalue weighted by Gasteiger charge is 1.98. The summed E-state index contributed by atoms with van der Waals surface area (Å²) in [5.74, 6) is 1.05. The summed E-state index contributed by atoms with van der Waals surface area (Å²) in [7, 11) is 0. The summed E-state index contributed by atoms with van der Waals surface area (Å²) in [6, 6.07) is 0. The van der Waals surface area contributed by atoms with Crippen LogP contribution >= 0.6 is 23.4 Å². The fraction of sp³-hybridized carbons (Fsp3) is 0.625. The van der Waals surface area contributed by atoms with Crippen LogP contribution in [0.25, 0.3) is 0 Å². The highest BCUT2D eigenvalue weighted by atomic mass is 35.5. The zero-order valence-corrected chi connectivity index (χ0v) is 9.11. The van der Waals surface area contributed by atoms with Gasteiger partial charge in [0.1, 0.15) is 6.33 Å². The second-order valence-corrected chi connectivity index (χ2v) is 3.99. The smallest absolute Gasteiger partial charge is 0.211 e. The first-order chi connectivity index (χ1) is 6.33.